The number of aromatic amines is 1. The van der Waals surface area contributed by atoms with Gasteiger partial charge in [0.15, 0.2) is 0 Å². The molecule has 6 heteroatoms. The summed E-state index contributed by atoms with van der Waals surface area (Å²) >= 11 is 0. The van der Waals surface area contributed by atoms with Crippen molar-refractivity contribution < 1.29 is 0 Å². The van der Waals surface area contributed by atoms with Crippen LogP contribution in [0.15, 0.2) is 40.4 Å². The second-order valence-corrected chi connectivity index (χ2v) is 3.11. The first kappa shape index (κ1) is 10.0. The lowest BCUT2D eigenvalue weighted by molar-refractivity contribution is 1.13. The lowest BCUT2D eigenvalue weighted by atomic mass is 10.1. The number of aromatic nitrogens is 2. The summed E-state index contributed by atoms with van der Waals surface area (Å²) in [6, 6.07) is 6.06. The van der Waals surface area contributed by atoms with Gasteiger partial charge in [-0.15, -0.1) is 4.91 Å². The lowest BCUT2D eigenvalue weighted by Gasteiger charge is -2.04. The molecule has 0 aliphatic carbocycles. The molecule has 0 amide bonds. The zero-order chi connectivity index (χ0) is 11.5. The number of para-hydroxylation sites is 1. The molecule has 0 radical (unpaired) electrons. The van der Waals surface area contributed by atoms with Crippen molar-refractivity contribution in [3.05, 3.63) is 45.7 Å². The fourth-order valence-corrected chi connectivity index (χ4v) is 1.35. The highest BCUT2D eigenvalue weighted by Gasteiger charge is 2.08. The standard InChI is InChI=1S/C10H8N4O2/c11-9-6(2-1-3-7(9)14-16)10-12-5-4-8(15)13-10/h1-5H,11H2,(H,12,13,15). The molecule has 0 spiro atoms. The molecule has 0 aliphatic rings. The van der Waals surface area contributed by atoms with Gasteiger partial charge in [-0.05, 0) is 17.3 Å². The van der Waals surface area contributed by atoms with E-state index in [1.54, 1.807) is 12.1 Å². The van der Waals surface area contributed by atoms with Gasteiger partial charge in [-0.2, -0.15) is 4.98 Å². The SMILES string of the molecule is Nc1c(N=O)cccc1-c1nc(=O)cc[nH]1. The Bertz CT molecular complexity index is 591. The van der Waals surface area contributed by atoms with Gasteiger partial charge in [0.05, 0.1) is 5.69 Å². The van der Waals surface area contributed by atoms with Crippen molar-refractivity contribution >= 4 is 11.4 Å². The van der Waals surface area contributed by atoms with Crippen LogP contribution in [0.5, 0.6) is 0 Å². The Morgan fingerprint density at radius 2 is 2.12 bits per heavy atom. The van der Waals surface area contributed by atoms with E-state index in [1.807, 2.05) is 0 Å². The van der Waals surface area contributed by atoms with E-state index in [-0.39, 0.29) is 16.9 Å². The predicted molar refractivity (Wildman–Crippen MR) is 60.2 cm³/mol. The third kappa shape index (κ3) is 1.68. The summed E-state index contributed by atoms with van der Waals surface area (Å²) in [5.74, 6) is 0.315. The summed E-state index contributed by atoms with van der Waals surface area (Å²) < 4.78 is 0. The van der Waals surface area contributed by atoms with Gasteiger partial charge in [-0.1, -0.05) is 6.07 Å². The number of benzene rings is 1. The van der Waals surface area contributed by atoms with E-state index in [0.717, 1.165) is 0 Å². The van der Waals surface area contributed by atoms with E-state index in [2.05, 4.69) is 15.1 Å². The van der Waals surface area contributed by atoms with Crippen molar-refractivity contribution in [3.63, 3.8) is 0 Å². The number of hydrogen-bond acceptors (Lipinski definition) is 5. The molecule has 0 unspecified atom stereocenters. The monoisotopic (exact) mass is 216 g/mol. The lowest BCUT2D eigenvalue weighted by Crippen LogP contribution is -2.06. The summed E-state index contributed by atoms with van der Waals surface area (Å²) in [5.41, 5.74) is 6.15. The Kier molecular flexibility index (Phi) is 2.47. The van der Waals surface area contributed by atoms with Crippen LogP contribution in [0.1, 0.15) is 0 Å². The van der Waals surface area contributed by atoms with Gasteiger partial charge in [-0.25, -0.2) is 0 Å². The van der Waals surface area contributed by atoms with Crippen LogP contribution in [0.4, 0.5) is 11.4 Å². The van der Waals surface area contributed by atoms with E-state index < -0.39 is 0 Å². The number of nitrogens with zero attached hydrogens (tertiary/aromatic N) is 2. The van der Waals surface area contributed by atoms with Gasteiger partial charge in [0.1, 0.15) is 11.5 Å². The largest absolute Gasteiger partial charge is 0.396 e. The molecule has 1 aromatic carbocycles. The average molecular weight is 216 g/mol. The van der Waals surface area contributed by atoms with Gasteiger partial charge in [-0.3, -0.25) is 4.79 Å². The summed E-state index contributed by atoms with van der Waals surface area (Å²) in [7, 11) is 0. The quantitative estimate of drug-likeness (QED) is 0.585. The third-order valence-electron chi connectivity index (χ3n) is 2.10. The first-order valence-electron chi connectivity index (χ1n) is 4.50. The zero-order valence-electron chi connectivity index (χ0n) is 8.18. The zero-order valence-corrected chi connectivity index (χ0v) is 8.18. The Labute approximate surface area is 90.1 Å². The minimum absolute atomic E-state index is 0.129. The van der Waals surface area contributed by atoms with Crippen molar-refractivity contribution in [1.29, 1.82) is 0 Å². The van der Waals surface area contributed by atoms with Crippen LogP contribution in [0.25, 0.3) is 11.4 Å². The summed E-state index contributed by atoms with van der Waals surface area (Å²) in [6.07, 6.45) is 1.46. The van der Waals surface area contributed by atoms with Gasteiger partial charge in [0, 0.05) is 17.8 Å². The molecule has 0 saturated heterocycles. The maximum absolute atomic E-state index is 11.1. The van der Waals surface area contributed by atoms with Gasteiger partial charge in [0.25, 0.3) is 5.56 Å². The van der Waals surface area contributed by atoms with Crippen molar-refractivity contribution in [2.75, 3.05) is 5.73 Å². The van der Waals surface area contributed by atoms with Crippen LogP contribution < -0.4 is 11.3 Å². The van der Waals surface area contributed by atoms with Crippen LogP contribution in [0.2, 0.25) is 0 Å². The van der Waals surface area contributed by atoms with Crippen molar-refractivity contribution in [3.8, 4) is 11.4 Å². The second-order valence-electron chi connectivity index (χ2n) is 3.11. The number of hydrogen-bond donors (Lipinski definition) is 2. The first-order valence-corrected chi connectivity index (χ1v) is 4.50. The Hall–Kier alpha value is -2.50. The minimum atomic E-state index is -0.377. The molecule has 6 nitrogen and oxygen atoms in total. The number of rotatable bonds is 2. The highest BCUT2D eigenvalue weighted by Crippen LogP contribution is 2.30. The molecule has 0 aliphatic heterocycles. The number of nitroso groups, excluding NO2 is 1. The van der Waals surface area contributed by atoms with Gasteiger partial charge >= 0.3 is 0 Å². The molecule has 16 heavy (non-hydrogen) atoms. The molecule has 80 valence electrons. The molecule has 2 aromatic rings. The second kappa shape index (κ2) is 3.93. The van der Waals surface area contributed by atoms with E-state index in [9.17, 15) is 9.70 Å². The van der Waals surface area contributed by atoms with E-state index in [4.69, 9.17) is 5.73 Å². The maximum Gasteiger partial charge on any atom is 0.273 e. The predicted octanol–water partition coefficient (Wildman–Crippen LogP) is 1.42. The number of nitrogens with two attached hydrogens (primary N) is 1. The number of anilines is 1. The summed E-state index contributed by atoms with van der Waals surface area (Å²) in [6.45, 7) is 0. The van der Waals surface area contributed by atoms with E-state index in [0.29, 0.717) is 11.4 Å². The van der Waals surface area contributed by atoms with Crippen LogP contribution >= 0.6 is 0 Å². The smallest absolute Gasteiger partial charge is 0.273 e. The van der Waals surface area contributed by atoms with Crippen LogP contribution in [-0.2, 0) is 0 Å². The van der Waals surface area contributed by atoms with Crippen LogP contribution in [0.3, 0.4) is 0 Å². The molecule has 3 N–H and O–H groups in total. The molecule has 0 atom stereocenters. The minimum Gasteiger partial charge on any atom is -0.396 e. The molecule has 0 fully saturated rings. The summed E-state index contributed by atoms with van der Waals surface area (Å²) in [5, 5.41) is 2.78. The van der Waals surface area contributed by atoms with Crippen LogP contribution in [-0.4, -0.2) is 9.97 Å². The number of H-pyrrole nitrogens is 1. The highest BCUT2D eigenvalue weighted by molar-refractivity contribution is 5.80. The average Bonchev–Trinajstić information content (AvgIpc) is 2.29. The first-order chi connectivity index (χ1) is 7.72. The number of nitrogen functional groups attached to an aromatic ring is 1. The maximum atomic E-state index is 11.1. The molecular formula is C10H8N4O2. The van der Waals surface area contributed by atoms with E-state index in [1.165, 1.54) is 18.3 Å². The van der Waals surface area contributed by atoms with Crippen molar-refractivity contribution in [1.82, 2.24) is 9.97 Å². The van der Waals surface area contributed by atoms with E-state index >= 15 is 0 Å². The Morgan fingerprint density at radius 1 is 1.31 bits per heavy atom. The van der Waals surface area contributed by atoms with Crippen molar-refractivity contribution in [2.45, 2.75) is 0 Å². The molecule has 2 rings (SSSR count). The normalized spacial score (nSPS) is 10.0. The Balaban J connectivity index is 2.65. The summed E-state index contributed by atoms with van der Waals surface area (Å²) in [4.78, 5) is 28.1. The topological polar surface area (TPSA) is 101 Å². The Morgan fingerprint density at radius 3 is 2.81 bits per heavy atom. The van der Waals surface area contributed by atoms with Gasteiger partial charge in [0.2, 0.25) is 0 Å². The number of nitrogens with one attached hydrogen (secondary N) is 1. The molecule has 0 saturated carbocycles. The fourth-order valence-electron chi connectivity index (χ4n) is 1.35. The fraction of sp³-hybridized carbons (Fsp3) is 0. The third-order valence-corrected chi connectivity index (χ3v) is 2.10. The molecule has 1 heterocycles. The highest BCUT2D eigenvalue weighted by atomic mass is 16.3. The van der Waals surface area contributed by atoms with Crippen molar-refractivity contribution in [2.24, 2.45) is 5.18 Å². The van der Waals surface area contributed by atoms with Gasteiger partial charge < -0.3 is 10.7 Å². The molecular weight excluding hydrogens is 208 g/mol. The molecule has 0 bridgehead atoms. The van der Waals surface area contributed by atoms with Crippen LogP contribution in [0, 0.1) is 4.91 Å². The molecule has 1 aromatic heterocycles.